The van der Waals surface area contributed by atoms with Gasteiger partial charge in [0.15, 0.2) is 0 Å². The average molecular weight is 445 g/mol. The maximum absolute atomic E-state index is 14.6. The van der Waals surface area contributed by atoms with Gasteiger partial charge in [-0.05, 0) is 23.8 Å². The number of amides is 2. The smallest absolute Gasteiger partial charge is 0.262 e. The monoisotopic (exact) mass is 445 g/mol. The van der Waals surface area contributed by atoms with Crippen LogP contribution in [0.2, 0.25) is 0 Å². The molecule has 0 radical (unpaired) electrons. The van der Waals surface area contributed by atoms with Crippen LogP contribution in [0.3, 0.4) is 0 Å². The van der Waals surface area contributed by atoms with E-state index in [4.69, 9.17) is 9.47 Å². The first kappa shape index (κ1) is 23.5. The molecule has 1 unspecified atom stereocenters. The summed E-state index contributed by atoms with van der Waals surface area (Å²) in [5.41, 5.74) is 1.47. The third-order valence-electron chi connectivity index (χ3n) is 5.12. The molecule has 0 spiro atoms. The van der Waals surface area contributed by atoms with E-state index in [0.717, 1.165) is 0 Å². The van der Waals surface area contributed by atoms with Gasteiger partial charge >= 0.3 is 0 Å². The highest BCUT2D eigenvalue weighted by Gasteiger charge is 2.35. The van der Waals surface area contributed by atoms with Gasteiger partial charge in [-0.1, -0.05) is 30.3 Å². The molecule has 0 saturated carbocycles. The minimum Gasteiger partial charge on any atom is -0.383 e. The Morgan fingerprint density at radius 2 is 1.81 bits per heavy atom. The van der Waals surface area contributed by atoms with Crippen LogP contribution in [-0.4, -0.2) is 68.0 Å². The molecule has 0 aromatic heterocycles. The van der Waals surface area contributed by atoms with E-state index >= 15 is 0 Å². The summed E-state index contributed by atoms with van der Waals surface area (Å²) in [5.74, 6) is -1.70. The summed E-state index contributed by atoms with van der Waals surface area (Å²) in [6.07, 6.45) is 0.252. The highest BCUT2D eigenvalue weighted by atomic mass is 19.1. The first-order chi connectivity index (χ1) is 15.4. The normalized spacial score (nSPS) is 15.6. The van der Waals surface area contributed by atoms with E-state index in [1.165, 1.54) is 42.3 Å². The molecule has 0 bridgehead atoms. The summed E-state index contributed by atoms with van der Waals surface area (Å²) in [7, 11) is 2.89. The molecule has 1 aliphatic rings. The fraction of sp³-hybridized carbons (Fsp3) is 0.348. The van der Waals surface area contributed by atoms with Gasteiger partial charge in [0.2, 0.25) is 5.91 Å². The van der Waals surface area contributed by atoms with Gasteiger partial charge in [-0.2, -0.15) is 5.10 Å². The number of hydrogen-bond acceptors (Lipinski definition) is 5. The Morgan fingerprint density at radius 3 is 2.47 bits per heavy atom. The van der Waals surface area contributed by atoms with Crippen LogP contribution in [0.15, 0.2) is 53.6 Å². The topological polar surface area (TPSA) is 71.4 Å². The Bertz CT molecular complexity index is 981. The predicted octanol–water partition coefficient (Wildman–Crippen LogP) is 2.76. The molecule has 9 heteroatoms. The standard InChI is InChI=1S/C23H25F2N3O4/c1-31-12-11-27(23(30)15-32-2)14-22(29)28-21(18-5-3-4-6-19(18)25)13-20(26-28)16-7-9-17(24)10-8-16/h3-10,21H,11-15H2,1-2H3. The van der Waals surface area contributed by atoms with Crippen molar-refractivity contribution in [3.63, 3.8) is 0 Å². The third-order valence-corrected chi connectivity index (χ3v) is 5.12. The van der Waals surface area contributed by atoms with Gasteiger partial charge in [-0.3, -0.25) is 9.59 Å². The van der Waals surface area contributed by atoms with Crippen LogP contribution in [-0.2, 0) is 19.1 Å². The molecule has 2 amide bonds. The van der Waals surface area contributed by atoms with Crippen molar-refractivity contribution in [1.29, 1.82) is 0 Å². The minimum absolute atomic E-state index is 0.183. The van der Waals surface area contributed by atoms with E-state index < -0.39 is 23.6 Å². The van der Waals surface area contributed by atoms with Crippen molar-refractivity contribution in [1.82, 2.24) is 9.91 Å². The molecule has 0 saturated heterocycles. The van der Waals surface area contributed by atoms with Crippen molar-refractivity contribution in [3.8, 4) is 0 Å². The molecular weight excluding hydrogens is 420 g/mol. The van der Waals surface area contributed by atoms with Crippen LogP contribution >= 0.6 is 0 Å². The third kappa shape index (κ3) is 5.54. The highest BCUT2D eigenvalue weighted by Crippen LogP contribution is 2.34. The van der Waals surface area contributed by atoms with Crippen molar-refractivity contribution >= 4 is 17.5 Å². The van der Waals surface area contributed by atoms with E-state index in [1.54, 1.807) is 30.3 Å². The van der Waals surface area contributed by atoms with E-state index in [1.807, 2.05) is 0 Å². The van der Waals surface area contributed by atoms with E-state index in [9.17, 15) is 18.4 Å². The van der Waals surface area contributed by atoms with Crippen LogP contribution in [0.5, 0.6) is 0 Å². The number of benzene rings is 2. The Kier molecular flexibility index (Phi) is 8.02. The Labute approximate surface area is 185 Å². The maximum atomic E-state index is 14.6. The first-order valence-corrected chi connectivity index (χ1v) is 10.1. The zero-order valence-corrected chi connectivity index (χ0v) is 18.0. The van der Waals surface area contributed by atoms with Crippen molar-refractivity contribution in [3.05, 3.63) is 71.3 Å². The van der Waals surface area contributed by atoms with Crippen LogP contribution in [0.1, 0.15) is 23.6 Å². The molecule has 2 aromatic carbocycles. The summed E-state index contributed by atoms with van der Waals surface area (Å²) < 4.78 is 37.9. The maximum Gasteiger partial charge on any atom is 0.262 e. The lowest BCUT2D eigenvalue weighted by Gasteiger charge is -2.27. The Balaban J connectivity index is 1.90. The zero-order chi connectivity index (χ0) is 23.1. The molecule has 170 valence electrons. The average Bonchev–Trinajstić information content (AvgIpc) is 3.22. The fourth-order valence-corrected chi connectivity index (χ4v) is 3.49. The Hall–Kier alpha value is -3.17. The van der Waals surface area contributed by atoms with Gasteiger partial charge in [0.05, 0.1) is 18.4 Å². The minimum atomic E-state index is -0.689. The van der Waals surface area contributed by atoms with Crippen molar-refractivity contribution in [2.75, 3.05) is 40.5 Å². The number of carbonyl (C=O) groups excluding carboxylic acids is 2. The lowest BCUT2D eigenvalue weighted by molar-refractivity contribution is -0.144. The predicted molar refractivity (Wildman–Crippen MR) is 114 cm³/mol. The van der Waals surface area contributed by atoms with E-state index in [0.29, 0.717) is 16.8 Å². The van der Waals surface area contributed by atoms with Gasteiger partial charge in [0.1, 0.15) is 24.8 Å². The van der Waals surface area contributed by atoms with Crippen molar-refractivity contribution in [2.24, 2.45) is 5.10 Å². The van der Waals surface area contributed by atoms with Crippen molar-refractivity contribution in [2.45, 2.75) is 12.5 Å². The molecule has 1 heterocycles. The van der Waals surface area contributed by atoms with Crippen LogP contribution in [0.4, 0.5) is 8.78 Å². The lowest BCUT2D eigenvalue weighted by Crippen LogP contribution is -2.44. The Morgan fingerprint density at radius 1 is 1.09 bits per heavy atom. The first-order valence-electron chi connectivity index (χ1n) is 10.1. The summed E-state index contributed by atoms with van der Waals surface area (Å²) >= 11 is 0. The zero-order valence-electron chi connectivity index (χ0n) is 18.0. The molecular formula is C23H25F2N3O4. The summed E-state index contributed by atoms with van der Waals surface area (Å²) in [6.45, 7) is -0.0186. The van der Waals surface area contributed by atoms with Gasteiger partial charge in [0.25, 0.3) is 5.91 Å². The summed E-state index contributed by atoms with van der Waals surface area (Å²) in [4.78, 5) is 26.9. The van der Waals surface area contributed by atoms with Gasteiger partial charge in [0, 0.05) is 32.7 Å². The molecule has 3 rings (SSSR count). The van der Waals surface area contributed by atoms with Gasteiger partial charge < -0.3 is 14.4 Å². The lowest BCUT2D eigenvalue weighted by atomic mass is 9.98. The molecule has 0 N–H and O–H groups in total. The SMILES string of the molecule is COCCN(CC(=O)N1N=C(c2ccc(F)cc2)CC1c1ccccc1F)C(=O)COC. The van der Waals surface area contributed by atoms with E-state index in [-0.39, 0.29) is 38.6 Å². The number of nitrogens with zero attached hydrogens (tertiary/aromatic N) is 3. The number of hydrogen-bond donors (Lipinski definition) is 0. The molecule has 1 aliphatic heterocycles. The second-order valence-corrected chi connectivity index (χ2v) is 7.27. The van der Waals surface area contributed by atoms with Crippen LogP contribution < -0.4 is 0 Å². The van der Waals surface area contributed by atoms with Crippen LogP contribution in [0.25, 0.3) is 0 Å². The highest BCUT2D eigenvalue weighted by molar-refractivity contribution is 6.03. The number of rotatable bonds is 9. The number of halogens is 2. The van der Waals surface area contributed by atoms with Crippen LogP contribution in [0, 0.1) is 11.6 Å². The summed E-state index contributed by atoms with van der Waals surface area (Å²) in [5, 5.41) is 5.64. The number of ether oxygens (including phenoxy) is 2. The second kappa shape index (κ2) is 10.9. The second-order valence-electron chi connectivity index (χ2n) is 7.27. The van der Waals surface area contributed by atoms with Crippen molar-refractivity contribution < 1.29 is 27.8 Å². The molecule has 0 fully saturated rings. The molecule has 2 aromatic rings. The number of methoxy groups -OCH3 is 2. The summed E-state index contributed by atoms with van der Waals surface area (Å²) in [6, 6.07) is 11.2. The van der Waals surface area contributed by atoms with Gasteiger partial charge in [-0.25, -0.2) is 13.8 Å². The number of hydrazone groups is 1. The van der Waals surface area contributed by atoms with E-state index in [2.05, 4.69) is 5.10 Å². The molecule has 32 heavy (non-hydrogen) atoms. The fourth-order valence-electron chi connectivity index (χ4n) is 3.49. The largest absolute Gasteiger partial charge is 0.383 e. The molecule has 1 atom stereocenters. The quantitative estimate of drug-likeness (QED) is 0.595. The molecule has 7 nitrogen and oxygen atoms in total. The number of carbonyl (C=O) groups is 2. The van der Waals surface area contributed by atoms with Gasteiger partial charge in [-0.15, -0.1) is 0 Å². The molecule has 0 aliphatic carbocycles.